The molecule has 1 aromatic carbocycles. The molecule has 262 valence electrons. The van der Waals surface area contributed by atoms with Crippen molar-refractivity contribution in [2.45, 2.75) is 194 Å². The van der Waals surface area contributed by atoms with Gasteiger partial charge in [0.1, 0.15) is 5.75 Å². The lowest BCUT2D eigenvalue weighted by atomic mass is 10.1. The number of aliphatic hydroxyl groups is 1. The van der Waals surface area contributed by atoms with Gasteiger partial charge in [0.25, 0.3) is 0 Å². The summed E-state index contributed by atoms with van der Waals surface area (Å²) in [5, 5.41) is 8.68. The molecule has 1 N–H and O–H groups in total. The van der Waals surface area contributed by atoms with Gasteiger partial charge in [0, 0.05) is 19.4 Å². The van der Waals surface area contributed by atoms with Crippen molar-refractivity contribution in [3.63, 3.8) is 0 Å². The molecule has 0 saturated carbocycles. The Kier molecular flexibility index (Phi) is 33.5. The lowest BCUT2D eigenvalue weighted by molar-refractivity contribution is -0.144. The van der Waals surface area contributed by atoms with Gasteiger partial charge in [-0.25, -0.2) is 0 Å². The van der Waals surface area contributed by atoms with Crippen LogP contribution in [0.2, 0.25) is 0 Å². The molecule has 0 amide bonds. The Bertz CT molecular complexity index is 760. The molecule has 0 bridgehead atoms. The first kappa shape index (κ1) is 43.1. The molecule has 1 rings (SSSR count). The molecule has 0 aliphatic heterocycles. The largest absolute Gasteiger partial charge is 0.466 e. The third kappa shape index (κ3) is 31.9. The van der Waals surface area contributed by atoms with Crippen molar-refractivity contribution >= 4 is 11.9 Å². The normalized spacial score (nSPS) is 10.8. The highest BCUT2D eigenvalue weighted by Gasteiger charge is 2.05. The van der Waals surface area contributed by atoms with Crippen LogP contribution < -0.4 is 4.74 Å². The predicted octanol–water partition coefficient (Wildman–Crippen LogP) is 11.9. The lowest BCUT2D eigenvalue weighted by Crippen LogP contribution is -2.07. The minimum absolute atomic E-state index is 0.0149. The summed E-state index contributed by atoms with van der Waals surface area (Å²) in [6, 6.07) is 7.98. The molecule has 0 fully saturated rings. The summed E-state index contributed by atoms with van der Waals surface area (Å²) in [4.78, 5) is 23.4. The summed E-state index contributed by atoms with van der Waals surface area (Å²) in [6.07, 6.45) is 31.0. The van der Waals surface area contributed by atoms with Crippen molar-refractivity contribution in [3.05, 3.63) is 29.8 Å². The average Bonchev–Trinajstić information content (AvgIpc) is 3.04. The third-order valence-corrected chi connectivity index (χ3v) is 8.26. The first-order chi connectivity index (χ1) is 22.1. The van der Waals surface area contributed by atoms with Crippen molar-refractivity contribution < 1.29 is 24.2 Å². The molecule has 0 radical (unpaired) electrons. The van der Waals surface area contributed by atoms with Crippen LogP contribution in [-0.2, 0) is 20.7 Å². The van der Waals surface area contributed by atoms with E-state index in [9.17, 15) is 9.59 Å². The van der Waals surface area contributed by atoms with Gasteiger partial charge in [-0.2, -0.15) is 0 Å². The summed E-state index contributed by atoms with van der Waals surface area (Å²) < 4.78 is 10.7. The number of ether oxygens (including phenoxy) is 2. The molecular weight excluding hydrogens is 560 g/mol. The van der Waals surface area contributed by atoms with E-state index in [1.165, 1.54) is 115 Å². The zero-order valence-corrected chi connectivity index (χ0v) is 29.9. The quantitative estimate of drug-likeness (QED) is 0.0519. The monoisotopic (exact) mass is 633 g/mol. The number of unbranched alkanes of at least 4 members (excludes halogenated alkanes) is 20. The fraction of sp³-hybridized carbons (Fsp3) is 0.800. The number of rotatable bonds is 30. The van der Waals surface area contributed by atoms with Crippen molar-refractivity contribution in [1.29, 1.82) is 0 Å². The van der Waals surface area contributed by atoms with Crippen LogP contribution in [0.5, 0.6) is 5.75 Å². The van der Waals surface area contributed by atoms with Gasteiger partial charge in [-0.15, -0.1) is 0 Å². The van der Waals surface area contributed by atoms with Crippen LogP contribution in [0.1, 0.15) is 193 Å². The van der Waals surface area contributed by atoms with Crippen LogP contribution in [0.4, 0.5) is 0 Å². The fourth-order valence-corrected chi connectivity index (χ4v) is 5.29. The summed E-state index contributed by atoms with van der Waals surface area (Å²) >= 11 is 0. The molecule has 5 nitrogen and oxygen atoms in total. The lowest BCUT2D eigenvalue weighted by Gasteiger charge is -2.06. The molecule has 0 aliphatic carbocycles. The minimum Gasteiger partial charge on any atom is -0.466 e. The van der Waals surface area contributed by atoms with E-state index in [4.69, 9.17) is 14.6 Å². The van der Waals surface area contributed by atoms with E-state index in [1.54, 1.807) is 0 Å². The van der Waals surface area contributed by atoms with Gasteiger partial charge in [0.2, 0.25) is 0 Å². The van der Waals surface area contributed by atoms with Gasteiger partial charge in [-0.05, 0) is 56.2 Å². The van der Waals surface area contributed by atoms with Crippen LogP contribution in [-0.4, -0.2) is 30.3 Å². The van der Waals surface area contributed by atoms with Crippen LogP contribution >= 0.6 is 0 Å². The van der Waals surface area contributed by atoms with Crippen LogP contribution in [0.15, 0.2) is 24.3 Å². The maximum absolute atomic E-state index is 11.8. The SMILES string of the molecule is CCCCCCCCC(=O)Oc1ccc(CCCCC)cc1.CCCCCCCCCOC(=O)CCCCCCCCCCO. The maximum Gasteiger partial charge on any atom is 0.311 e. The highest BCUT2D eigenvalue weighted by atomic mass is 16.5. The number of carbonyl (C=O) groups is 2. The second kappa shape index (κ2) is 35.0. The van der Waals surface area contributed by atoms with Crippen molar-refractivity contribution in [2.75, 3.05) is 13.2 Å². The maximum atomic E-state index is 11.8. The number of hydrogen-bond acceptors (Lipinski definition) is 5. The standard InChI is InChI=1S/C20H40O3.C20H32O2/c1-2-3-4-5-10-13-16-19-23-20(22)17-14-11-8-6-7-9-12-15-18-21;1-3-5-7-8-9-11-13-20(21)22-19-16-14-18(15-17-19)12-10-6-4-2/h21H,2-19H2,1H3;14-17H,3-13H2,1-2H3. The second-order valence-electron chi connectivity index (χ2n) is 12.7. The number of hydrogen-bond donors (Lipinski definition) is 1. The van der Waals surface area contributed by atoms with Gasteiger partial charge in [0.15, 0.2) is 0 Å². The Labute approximate surface area is 278 Å². The molecule has 0 atom stereocenters. The Morgan fingerprint density at radius 3 is 1.44 bits per heavy atom. The molecule has 1 aromatic rings. The Hall–Kier alpha value is -1.88. The van der Waals surface area contributed by atoms with Gasteiger partial charge in [0.05, 0.1) is 6.61 Å². The van der Waals surface area contributed by atoms with Gasteiger partial charge in [-0.1, -0.05) is 155 Å². The zero-order valence-electron chi connectivity index (χ0n) is 29.9. The third-order valence-electron chi connectivity index (χ3n) is 8.26. The van der Waals surface area contributed by atoms with Crippen molar-refractivity contribution in [1.82, 2.24) is 0 Å². The van der Waals surface area contributed by atoms with Crippen molar-refractivity contribution in [3.8, 4) is 5.75 Å². The average molecular weight is 633 g/mol. The molecule has 0 unspecified atom stereocenters. The number of benzene rings is 1. The van der Waals surface area contributed by atoms with E-state index in [2.05, 4.69) is 32.9 Å². The van der Waals surface area contributed by atoms with Crippen LogP contribution in [0.3, 0.4) is 0 Å². The predicted molar refractivity (Wildman–Crippen MR) is 191 cm³/mol. The molecular formula is C40H72O5. The molecule has 45 heavy (non-hydrogen) atoms. The molecule has 5 heteroatoms. The van der Waals surface area contributed by atoms with Gasteiger partial charge in [-0.3, -0.25) is 9.59 Å². The highest BCUT2D eigenvalue weighted by Crippen LogP contribution is 2.16. The second-order valence-corrected chi connectivity index (χ2v) is 12.7. The van der Waals surface area contributed by atoms with E-state index in [0.29, 0.717) is 31.8 Å². The Morgan fingerprint density at radius 1 is 0.511 bits per heavy atom. The first-order valence-electron chi connectivity index (χ1n) is 19.1. The molecule has 0 spiro atoms. The number of aliphatic hydroxyl groups excluding tert-OH is 1. The molecule has 0 aromatic heterocycles. The molecule has 0 saturated heterocycles. The summed E-state index contributed by atoms with van der Waals surface area (Å²) in [7, 11) is 0. The molecule has 0 aliphatic rings. The Balaban J connectivity index is 0.000000861. The van der Waals surface area contributed by atoms with Crippen LogP contribution in [0, 0.1) is 0 Å². The smallest absolute Gasteiger partial charge is 0.311 e. The highest BCUT2D eigenvalue weighted by molar-refractivity contribution is 5.72. The van der Waals surface area contributed by atoms with Crippen molar-refractivity contribution in [2.24, 2.45) is 0 Å². The number of esters is 2. The van der Waals surface area contributed by atoms with E-state index < -0.39 is 0 Å². The van der Waals surface area contributed by atoms with E-state index in [-0.39, 0.29) is 11.9 Å². The fourth-order valence-electron chi connectivity index (χ4n) is 5.29. The van der Waals surface area contributed by atoms with E-state index in [0.717, 1.165) is 51.4 Å². The summed E-state index contributed by atoms with van der Waals surface area (Å²) in [5.41, 5.74) is 1.32. The van der Waals surface area contributed by atoms with E-state index >= 15 is 0 Å². The number of aryl methyl sites for hydroxylation is 1. The van der Waals surface area contributed by atoms with E-state index in [1.807, 2.05) is 12.1 Å². The summed E-state index contributed by atoms with van der Waals surface area (Å²) in [5.74, 6) is 0.559. The van der Waals surface area contributed by atoms with Gasteiger partial charge >= 0.3 is 11.9 Å². The molecule has 0 heterocycles. The minimum atomic E-state index is -0.103. The topological polar surface area (TPSA) is 72.8 Å². The Morgan fingerprint density at radius 2 is 0.933 bits per heavy atom. The first-order valence-corrected chi connectivity index (χ1v) is 19.1. The van der Waals surface area contributed by atoms with Crippen LogP contribution in [0.25, 0.3) is 0 Å². The van der Waals surface area contributed by atoms with Gasteiger partial charge < -0.3 is 14.6 Å². The summed E-state index contributed by atoms with van der Waals surface area (Å²) in [6.45, 7) is 7.59. The zero-order chi connectivity index (χ0) is 33.1. The number of carbonyl (C=O) groups excluding carboxylic acids is 2.